The Morgan fingerprint density at radius 1 is 1.56 bits per heavy atom. The number of amides is 1. The number of carbonyl (C=O) groups is 1. The van der Waals surface area contributed by atoms with E-state index < -0.39 is 0 Å². The van der Waals surface area contributed by atoms with E-state index >= 15 is 0 Å². The highest BCUT2D eigenvalue weighted by Gasteiger charge is 2.29. The molecule has 1 saturated carbocycles. The van der Waals surface area contributed by atoms with Crippen LogP contribution in [0.1, 0.15) is 23.2 Å². The van der Waals surface area contributed by atoms with E-state index in [1.54, 1.807) is 13.2 Å². The summed E-state index contributed by atoms with van der Waals surface area (Å²) in [5.41, 5.74) is 0.602. The van der Waals surface area contributed by atoms with Gasteiger partial charge in [0.25, 0.3) is 5.91 Å². The molecule has 0 aliphatic heterocycles. The maximum absolute atomic E-state index is 12.1. The van der Waals surface area contributed by atoms with Crippen molar-refractivity contribution in [1.29, 1.82) is 0 Å². The number of halogens is 2. The van der Waals surface area contributed by atoms with Gasteiger partial charge in [0.05, 0.1) is 12.7 Å². The van der Waals surface area contributed by atoms with Crippen LogP contribution in [-0.4, -0.2) is 24.4 Å². The minimum atomic E-state index is -0.0779. The lowest BCUT2D eigenvalue weighted by molar-refractivity contribution is 0.0952. The van der Waals surface area contributed by atoms with E-state index in [1.807, 2.05) is 12.1 Å². The predicted molar refractivity (Wildman–Crippen MR) is 78.5 cm³/mol. The van der Waals surface area contributed by atoms with Crippen LogP contribution >= 0.6 is 31.9 Å². The zero-order chi connectivity index (χ0) is 13.1. The fourth-order valence-electron chi connectivity index (χ4n) is 1.72. The summed E-state index contributed by atoms with van der Waals surface area (Å²) in [6.45, 7) is 0.660. The molecule has 18 heavy (non-hydrogen) atoms. The van der Waals surface area contributed by atoms with Gasteiger partial charge in [-0.3, -0.25) is 4.79 Å². The molecule has 0 saturated heterocycles. The summed E-state index contributed by atoms with van der Waals surface area (Å²) in [7, 11) is 1.59. The number of hydrogen-bond acceptors (Lipinski definition) is 2. The van der Waals surface area contributed by atoms with E-state index in [0.717, 1.165) is 10.4 Å². The molecule has 1 amide bonds. The smallest absolute Gasteiger partial charge is 0.252 e. The molecule has 0 spiro atoms. The average molecular weight is 377 g/mol. The van der Waals surface area contributed by atoms with Gasteiger partial charge in [0.1, 0.15) is 5.75 Å². The van der Waals surface area contributed by atoms with Crippen molar-refractivity contribution in [3.63, 3.8) is 0 Å². The fourth-order valence-corrected chi connectivity index (χ4v) is 2.83. The molecule has 0 heterocycles. The van der Waals surface area contributed by atoms with E-state index in [4.69, 9.17) is 4.74 Å². The molecule has 3 nitrogen and oxygen atoms in total. The van der Waals surface area contributed by atoms with Gasteiger partial charge in [-0.2, -0.15) is 0 Å². The Labute approximate surface area is 124 Å². The van der Waals surface area contributed by atoms with Crippen LogP contribution in [0.2, 0.25) is 0 Å². The maximum Gasteiger partial charge on any atom is 0.252 e. The third-order valence-corrected chi connectivity index (χ3v) is 4.77. The largest absolute Gasteiger partial charge is 0.497 e. The van der Waals surface area contributed by atoms with Crippen molar-refractivity contribution in [3.8, 4) is 5.75 Å². The molecule has 0 bridgehead atoms. The van der Waals surface area contributed by atoms with E-state index in [-0.39, 0.29) is 5.91 Å². The zero-order valence-corrected chi connectivity index (χ0v) is 13.3. The molecule has 1 N–H and O–H groups in total. The molecule has 1 aromatic rings. The number of nitrogens with one attached hydrogen (secondary N) is 1. The lowest BCUT2D eigenvalue weighted by Crippen LogP contribution is -2.30. The second-order valence-corrected chi connectivity index (χ2v) is 6.44. The highest BCUT2D eigenvalue weighted by Crippen LogP contribution is 2.36. The third-order valence-electron chi connectivity index (χ3n) is 3.01. The summed E-state index contributed by atoms with van der Waals surface area (Å²) >= 11 is 6.98. The van der Waals surface area contributed by atoms with Gasteiger partial charge < -0.3 is 10.1 Å². The van der Waals surface area contributed by atoms with Crippen molar-refractivity contribution in [3.05, 3.63) is 28.2 Å². The number of carbonyl (C=O) groups excluding carboxylic acids is 1. The van der Waals surface area contributed by atoms with Crippen molar-refractivity contribution in [2.45, 2.75) is 17.7 Å². The first-order chi connectivity index (χ1) is 8.61. The molecule has 1 aliphatic rings. The van der Waals surface area contributed by atoms with E-state index in [2.05, 4.69) is 37.2 Å². The monoisotopic (exact) mass is 375 g/mol. The molecule has 98 valence electrons. The van der Waals surface area contributed by atoms with Crippen LogP contribution in [0.15, 0.2) is 22.7 Å². The zero-order valence-electron chi connectivity index (χ0n) is 10.1. The Morgan fingerprint density at radius 3 is 2.89 bits per heavy atom. The Hall–Kier alpha value is -0.550. The van der Waals surface area contributed by atoms with Gasteiger partial charge >= 0.3 is 0 Å². The average Bonchev–Trinajstić information content (AvgIpc) is 3.20. The topological polar surface area (TPSA) is 38.3 Å². The van der Waals surface area contributed by atoms with E-state index in [1.165, 1.54) is 12.8 Å². The summed E-state index contributed by atoms with van der Waals surface area (Å²) in [4.78, 5) is 12.4. The Bertz CT molecular complexity index is 447. The maximum atomic E-state index is 12.1. The first-order valence-corrected chi connectivity index (χ1v) is 7.58. The molecule has 1 fully saturated rings. The second kappa shape index (κ2) is 6.06. The predicted octanol–water partition coefficient (Wildman–Crippen LogP) is 3.36. The van der Waals surface area contributed by atoms with Crippen molar-refractivity contribution in [2.24, 2.45) is 5.92 Å². The van der Waals surface area contributed by atoms with Crippen LogP contribution in [0.5, 0.6) is 5.75 Å². The summed E-state index contributed by atoms with van der Waals surface area (Å²) < 4.78 is 5.90. The Balaban J connectivity index is 1.98. The Kier molecular flexibility index (Phi) is 4.67. The van der Waals surface area contributed by atoms with E-state index in [9.17, 15) is 4.79 Å². The third kappa shape index (κ3) is 3.48. The molecular formula is C13H15Br2NO2. The van der Waals surface area contributed by atoms with Crippen molar-refractivity contribution < 1.29 is 9.53 Å². The Morgan fingerprint density at radius 2 is 2.28 bits per heavy atom. The molecule has 1 aliphatic carbocycles. The van der Waals surface area contributed by atoms with Crippen LogP contribution in [0, 0.1) is 5.92 Å². The van der Waals surface area contributed by atoms with Crippen LogP contribution in [0.4, 0.5) is 0 Å². The van der Waals surface area contributed by atoms with Crippen LogP contribution in [0.25, 0.3) is 0 Å². The molecule has 2 rings (SSSR count). The van der Waals surface area contributed by atoms with Gasteiger partial charge in [0, 0.05) is 15.8 Å². The van der Waals surface area contributed by atoms with Crippen LogP contribution < -0.4 is 10.1 Å². The van der Waals surface area contributed by atoms with Gasteiger partial charge in [0.15, 0.2) is 0 Å². The summed E-state index contributed by atoms with van der Waals surface area (Å²) in [5, 5.41) is 2.94. The highest BCUT2D eigenvalue weighted by molar-refractivity contribution is 9.10. The minimum absolute atomic E-state index is 0.0779. The van der Waals surface area contributed by atoms with Gasteiger partial charge in [-0.1, -0.05) is 15.9 Å². The second-order valence-electron chi connectivity index (χ2n) is 4.41. The number of alkyl halides is 1. The normalized spacial score (nSPS) is 16.2. The standard InChI is InChI=1S/C13H15Br2NO2/c1-18-9-4-5-11(14)10(6-9)13(17)16-7-12(15)8-2-3-8/h4-6,8,12H,2-3,7H2,1H3,(H,16,17). The van der Waals surface area contributed by atoms with Crippen molar-refractivity contribution in [2.75, 3.05) is 13.7 Å². The van der Waals surface area contributed by atoms with Crippen LogP contribution in [-0.2, 0) is 0 Å². The van der Waals surface area contributed by atoms with E-state index in [0.29, 0.717) is 22.7 Å². The number of rotatable bonds is 5. The fraction of sp³-hybridized carbons (Fsp3) is 0.462. The molecule has 1 atom stereocenters. The molecule has 1 unspecified atom stereocenters. The lowest BCUT2D eigenvalue weighted by Gasteiger charge is -2.11. The lowest BCUT2D eigenvalue weighted by atomic mass is 10.2. The molecule has 5 heteroatoms. The van der Waals surface area contributed by atoms with Gasteiger partial charge in [0.2, 0.25) is 0 Å². The number of methoxy groups -OCH3 is 1. The SMILES string of the molecule is COc1ccc(Br)c(C(=O)NCC(Br)C2CC2)c1. The van der Waals surface area contributed by atoms with Gasteiger partial charge in [-0.25, -0.2) is 0 Å². The molecule has 0 radical (unpaired) electrons. The summed E-state index contributed by atoms with van der Waals surface area (Å²) in [5.74, 6) is 1.32. The molecular weight excluding hydrogens is 362 g/mol. The molecule has 0 aromatic heterocycles. The van der Waals surface area contributed by atoms with Gasteiger partial charge in [-0.15, -0.1) is 0 Å². The first kappa shape index (κ1) is 13.9. The summed E-state index contributed by atoms with van der Waals surface area (Å²) in [6.07, 6.45) is 2.52. The van der Waals surface area contributed by atoms with Crippen molar-refractivity contribution >= 4 is 37.8 Å². The molecule has 1 aromatic carbocycles. The minimum Gasteiger partial charge on any atom is -0.497 e. The summed E-state index contributed by atoms with van der Waals surface area (Å²) in [6, 6.07) is 5.37. The quantitative estimate of drug-likeness (QED) is 0.800. The van der Waals surface area contributed by atoms with Gasteiger partial charge in [-0.05, 0) is 52.9 Å². The number of ether oxygens (including phenoxy) is 1. The van der Waals surface area contributed by atoms with Crippen LogP contribution in [0.3, 0.4) is 0 Å². The number of hydrogen-bond donors (Lipinski definition) is 1. The first-order valence-electron chi connectivity index (χ1n) is 5.87. The van der Waals surface area contributed by atoms with Crippen molar-refractivity contribution in [1.82, 2.24) is 5.32 Å². The highest BCUT2D eigenvalue weighted by atomic mass is 79.9. The number of benzene rings is 1.